The fourth-order valence-corrected chi connectivity index (χ4v) is 3.04. The molecule has 0 atom stereocenters. The molecule has 1 N–H and O–H groups in total. The molecule has 1 heterocycles. The normalized spacial score (nSPS) is 10.9. The molecule has 96 valence electrons. The predicted molar refractivity (Wildman–Crippen MR) is 73.8 cm³/mol. The van der Waals surface area contributed by atoms with Gasteiger partial charge in [0, 0.05) is 17.8 Å². The first-order valence-corrected chi connectivity index (χ1v) is 6.84. The summed E-state index contributed by atoms with van der Waals surface area (Å²) in [5, 5.41) is 4.18. The number of halogens is 2. The van der Waals surface area contributed by atoms with Gasteiger partial charge in [0.25, 0.3) is 0 Å². The van der Waals surface area contributed by atoms with Crippen LogP contribution in [0.2, 0.25) is 5.02 Å². The smallest absolute Gasteiger partial charge is 0.145 e. The number of aromatic nitrogens is 1. The number of benzene rings is 1. The molecular weight excluding hydrogens is 271 g/mol. The molecule has 2 nitrogen and oxygen atoms in total. The molecule has 0 saturated heterocycles. The highest BCUT2D eigenvalue weighted by atomic mass is 35.5. The molecule has 0 radical (unpaired) electrons. The number of aryl methyl sites for hydroxylation is 1. The van der Waals surface area contributed by atoms with E-state index in [1.54, 1.807) is 29.5 Å². The van der Waals surface area contributed by atoms with Gasteiger partial charge in [-0.05, 0) is 25.6 Å². The van der Waals surface area contributed by atoms with E-state index in [4.69, 9.17) is 11.6 Å². The van der Waals surface area contributed by atoms with Crippen molar-refractivity contribution < 1.29 is 4.39 Å². The van der Waals surface area contributed by atoms with Crippen LogP contribution in [0, 0.1) is 12.7 Å². The Kier molecular flexibility index (Phi) is 4.32. The van der Waals surface area contributed by atoms with E-state index < -0.39 is 0 Å². The number of thiazole rings is 1. The molecule has 1 aromatic heterocycles. The lowest BCUT2D eigenvalue weighted by Gasteiger charge is -2.01. The van der Waals surface area contributed by atoms with Gasteiger partial charge in [-0.3, -0.25) is 0 Å². The van der Waals surface area contributed by atoms with Crippen LogP contribution in [0.4, 0.5) is 4.39 Å². The lowest BCUT2D eigenvalue weighted by atomic mass is 10.1. The quantitative estimate of drug-likeness (QED) is 0.929. The van der Waals surface area contributed by atoms with Crippen molar-refractivity contribution in [2.45, 2.75) is 19.9 Å². The van der Waals surface area contributed by atoms with E-state index in [1.165, 1.54) is 4.88 Å². The van der Waals surface area contributed by atoms with Crippen LogP contribution in [-0.2, 0) is 13.0 Å². The minimum atomic E-state index is -0.345. The second-order valence-corrected chi connectivity index (χ2v) is 5.61. The molecule has 0 amide bonds. The van der Waals surface area contributed by atoms with Crippen molar-refractivity contribution in [1.82, 2.24) is 10.3 Å². The zero-order valence-electron chi connectivity index (χ0n) is 10.3. The molecule has 5 heteroatoms. The lowest BCUT2D eigenvalue weighted by molar-refractivity contribution is 0.614. The van der Waals surface area contributed by atoms with Gasteiger partial charge in [-0.2, -0.15) is 0 Å². The van der Waals surface area contributed by atoms with Crippen LogP contribution in [0.25, 0.3) is 0 Å². The molecule has 2 aromatic rings. The van der Waals surface area contributed by atoms with Crippen molar-refractivity contribution in [3.05, 3.63) is 50.2 Å². The summed E-state index contributed by atoms with van der Waals surface area (Å²) in [7, 11) is 1.90. The van der Waals surface area contributed by atoms with E-state index in [0.717, 1.165) is 17.2 Å². The maximum atomic E-state index is 13.8. The van der Waals surface area contributed by atoms with Crippen LogP contribution in [-0.4, -0.2) is 12.0 Å². The minimum Gasteiger partial charge on any atom is -0.315 e. The Morgan fingerprint density at radius 3 is 2.94 bits per heavy atom. The van der Waals surface area contributed by atoms with Gasteiger partial charge in [-0.1, -0.05) is 23.7 Å². The van der Waals surface area contributed by atoms with Crippen molar-refractivity contribution in [2.75, 3.05) is 7.05 Å². The molecule has 0 aliphatic heterocycles. The zero-order valence-corrected chi connectivity index (χ0v) is 11.8. The van der Waals surface area contributed by atoms with Crippen LogP contribution in [0.3, 0.4) is 0 Å². The van der Waals surface area contributed by atoms with Crippen LogP contribution in [0.5, 0.6) is 0 Å². The van der Waals surface area contributed by atoms with Gasteiger partial charge >= 0.3 is 0 Å². The van der Waals surface area contributed by atoms with Crippen LogP contribution >= 0.6 is 22.9 Å². The van der Waals surface area contributed by atoms with Gasteiger partial charge in [-0.25, -0.2) is 9.37 Å². The van der Waals surface area contributed by atoms with Crippen LogP contribution in [0.15, 0.2) is 18.2 Å². The number of hydrogen-bond donors (Lipinski definition) is 1. The molecule has 1 aromatic carbocycles. The van der Waals surface area contributed by atoms with Crippen molar-refractivity contribution in [3.63, 3.8) is 0 Å². The number of hydrogen-bond acceptors (Lipinski definition) is 3. The van der Waals surface area contributed by atoms with Crippen molar-refractivity contribution in [1.29, 1.82) is 0 Å². The third kappa shape index (κ3) is 2.88. The maximum absolute atomic E-state index is 13.8. The third-order valence-corrected chi connectivity index (χ3v) is 4.10. The van der Waals surface area contributed by atoms with E-state index in [2.05, 4.69) is 10.3 Å². The monoisotopic (exact) mass is 284 g/mol. The summed E-state index contributed by atoms with van der Waals surface area (Å²) in [6.45, 7) is 2.77. The lowest BCUT2D eigenvalue weighted by Crippen LogP contribution is -2.04. The van der Waals surface area contributed by atoms with Gasteiger partial charge in [0.2, 0.25) is 0 Å². The Morgan fingerprint density at radius 2 is 2.22 bits per heavy atom. The van der Waals surface area contributed by atoms with E-state index in [9.17, 15) is 4.39 Å². The molecule has 0 spiro atoms. The highest BCUT2D eigenvalue weighted by molar-refractivity contribution is 7.11. The second kappa shape index (κ2) is 5.78. The summed E-state index contributed by atoms with van der Waals surface area (Å²) < 4.78 is 13.8. The second-order valence-electron chi connectivity index (χ2n) is 4.04. The number of rotatable bonds is 4. The Balaban J connectivity index is 2.23. The summed E-state index contributed by atoms with van der Waals surface area (Å²) in [5.74, 6) is -0.345. The van der Waals surface area contributed by atoms with Crippen molar-refractivity contribution in [3.8, 4) is 0 Å². The molecule has 2 rings (SSSR count). The molecule has 0 aliphatic rings. The highest BCUT2D eigenvalue weighted by Crippen LogP contribution is 2.24. The molecule has 0 bridgehead atoms. The highest BCUT2D eigenvalue weighted by Gasteiger charge is 2.11. The molecule has 0 fully saturated rings. The van der Waals surface area contributed by atoms with Crippen molar-refractivity contribution in [2.24, 2.45) is 0 Å². The van der Waals surface area contributed by atoms with Gasteiger partial charge in [0.05, 0.1) is 15.7 Å². The molecular formula is C13H14ClFN2S. The van der Waals surface area contributed by atoms with Gasteiger partial charge in [-0.15, -0.1) is 11.3 Å². The molecule has 0 saturated carbocycles. The van der Waals surface area contributed by atoms with Crippen molar-refractivity contribution >= 4 is 22.9 Å². The fourth-order valence-electron chi connectivity index (χ4n) is 1.74. The van der Waals surface area contributed by atoms with E-state index in [-0.39, 0.29) is 10.8 Å². The first kappa shape index (κ1) is 13.5. The largest absolute Gasteiger partial charge is 0.315 e. The van der Waals surface area contributed by atoms with E-state index in [0.29, 0.717) is 12.0 Å². The topological polar surface area (TPSA) is 24.9 Å². The first-order valence-electron chi connectivity index (χ1n) is 5.64. The van der Waals surface area contributed by atoms with Gasteiger partial charge < -0.3 is 5.32 Å². The van der Waals surface area contributed by atoms with Gasteiger partial charge in [0.1, 0.15) is 5.82 Å². The maximum Gasteiger partial charge on any atom is 0.145 e. The molecule has 0 aliphatic carbocycles. The summed E-state index contributed by atoms with van der Waals surface area (Å²) in [4.78, 5) is 5.65. The van der Waals surface area contributed by atoms with E-state index in [1.807, 2.05) is 14.0 Å². The average molecular weight is 285 g/mol. The minimum absolute atomic E-state index is 0.163. The third-order valence-electron chi connectivity index (χ3n) is 2.65. The summed E-state index contributed by atoms with van der Waals surface area (Å²) in [6.07, 6.45) is 0.488. The Morgan fingerprint density at radius 1 is 1.44 bits per heavy atom. The molecule has 18 heavy (non-hydrogen) atoms. The number of nitrogens with zero attached hydrogens (tertiary/aromatic N) is 1. The van der Waals surface area contributed by atoms with Crippen LogP contribution in [0.1, 0.15) is 21.1 Å². The number of nitrogens with one attached hydrogen (secondary N) is 1. The standard InChI is InChI=1S/C13H14ClFN2S/c1-8-11(7-16-2)18-12(17-8)6-9-4-3-5-10(14)13(9)15/h3-5,16H,6-7H2,1-2H3. The zero-order chi connectivity index (χ0) is 13.1. The van der Waals surface area contributed by atoms with Crippen LogP contribution < -0.4 is 5.32 Å². The van der Waals surface area contributed by atoms with E-state index >= 15 is 0 Å². The van der Waals surface area contributed by atoms with Gasteiger partial charge in [0.15, 0.2) is 0 Å². The fraction of sp³-hybridized carbons (Fsp3) is 0.308. The Bertz CT molecular complexity index is 554. The summed E-state index contributed by atoms with van der Waals surface area (Å²) >= 11 is 7.37. The first-order chi connectivity index (χ1) is 8.61. The predicted octanol–water partition coefficient (Wildman–Crippen LogP) is 3.55. The average Bonchev–Trinajstić information content (AvgIpc) is 2.66. The Labute approximate surface area is 115 Å². The summed E-state index contributed by atoms with van der Waals surface area (Å²) in [5.41, 5.74) is 1.60. The molecule has 0 unspecified atom stereocenters. The Hall–Kier alpha value is -0.970. The summed E-state index contributed by atoms with van der Waals surface area (Å²) in [6, 6.07) is 5.06. The SMILES string of the molecule is CNCc1sc(Cc2cccc(Cl)c2F)nc1C.